The molecule has 1 fully saturated rings. The molecule has 0 bridgehead atoms. The molecule has 0 saturated carbocycles. The second-order valence-corrected chi connectivity index (χ2v) is 9.46. The van der Waals surface area contributed by atoms with E-state index >= 15 is 0 Å². The quantitative estimate of drug-likeness (QED) is 0.680. The summed E-state index contributed by atoms with van der Waals surface area (Å²) in [4.78, 5) is 24.1. The molecule has 0 spiro atoms. The van der Waals surface area contributed by atoms with Gasteiger partial charge in [-0.05, 0) is 44.0 Å². The van der Waals surface area contributed by atoms with Gasteiger partial charge in [0.1, 0.15) is 16.5 Å². The Morgan fingerprint density at radius 2 is 1.72 bits per heavy atom. The highest BCUT2D eigenvalue weighted by molar-refractivity contribution is 7.89. The van der Waals surface area contributed by atoms with Gasteiger partial charge in [0.2, 0.25) is 22.7 Å². The van der Waals surface area contributed by atoms with E-state index in [1.165, 1.54) is 19.1 Å². The second-order valence-electron chi connectivity index (χ2n) is 7.55. The van der Waals surface area contributed by atoms with Crippen molar-refractivity contribution in [3.05, 3.63) is 47.5 Å². The molecule has 32 heavy (non-hydrogen) atoms. The summed E-state index contributed by atoms with van der Waals surface area (Å²) in [6.07, 6.45) is 0.365. The molecule has 2 aromatic rings. The molecular weight excluding hydrogens is 446 g/mol. The number of benzene rings is 2. The summed E-state index contributed by atoms with van der Waals surface area (Å²) in [7, 11) is -4.24. The lowest BCUT2D eigenvalue weighted by Gasteiger charge is -2.30. The van der Waals surface area contributed by atoms with Crippen molar-refractivity contribution in [2.75, 3.05) is 25.2 Å². The van der Waals surface area contributed by atoms with Crippen molar-refractivity contribution >= 4 is 27.4 Å². The second kappa shape index (κ2) is 8.47. The molecule has 1 N–H and O–H groups in total. The molecule has 2 heterocycles. The Morgan fingerprint density at radius 1 is 1.06 bits per heavy atom. The lowest BCUT2D eigenvalue weighted by atomic mass is 9.96. The monoisotopic (exact) mass is 466 g/mol. The number of hydrogen-bond donors (Lipinski definition) is 1. The van der Waals surface area contributed by atoms with Crippen molar-refractivity contribution in [1.29, 1.82) is 0 Å². The Hall–Kier alpha value is -3.05. The molecule has 0 radical (unpaired) electrons. The zero-order valence-electron chi connectivity index (χ0n) is 17.1. The summed E-state index contributed by atoms with van der Waals surface area (Å²) in [6.45, 7) is 1.32. The molecule has 4 rings (SSSR count). The number of nitrogens with one attached hydrogen (secondary N) is 1. The van der Waals surface area contributed by atoms with E-state index in [-0.39, 0.29) is 55.7 Å². The van der Waals surface area contributed by atoms with E-state index < -0.39 is 32.5 Å². The van der Waals surface area contributed by atoms with Crippen molar-refractivity contribution in [3.63, 3.8) is 0 Å². The van der Waals surface area contributed by atoms with Gasteiger partial charge in [0, 0.05) is 30.6 Å². The normalized spacial score (nSPS) is 16.7. The lowest BCUT2D eigenvalue weighted by Crippen LogP contribution is -2.41. The van der Waals surface area contributed by atoms with Crippen LogP contribution in [0.2, 0.25) is 0 Å². The van der Waals surface area contributed by atoms with Gasteiger partial charge in [-0.3, -0.25) is 9.59 Å². The van der Waals surface area contributed by atoms with Gasteiger partial charge >= 0.3 is 0 Å². The number of rotatable bonds is 5. The Kier molecular flexibility index (Phi) is 5.87. The SMILES string of the molecule is CC(=O)c1cc2c(cc1NC(=O)C1CCN(S(=O)(=O)c3cc(F)ccc3F)CC1)OCO2. The first-order valence-corrected chi connectivity index (χ1v) is 11.3. The molecule has 1 saturated heterocycles. The van der Waals surface area contributed by atoms with Gasteiger partial charge in [-0.2, -0.15) is 4.31 Å². The van der Waals surface area contributed by atoms with Crippen LogP contribution >= 0.6 is 0 Å². The van der Waals surface area contributed by atoms with E-state index in [9.17, 15) is 26.8 Å². The van der Waals surface area contributed by atoms with Crippen molar-refractivity contribution in [3.8, 4) is 11.5 Å². The first-order chi connectivity index (χ1) is 15.2. The number of fused-ring (bicyclic) bond motifs is 1. The molecule has 0 unspecified atom stereocenters. The summed E-state index contributed by atoms with van der Waals surface area (Å²) >= 11 is 0. The van der Waals surface area contributed by atoms with Gasteiger partial charge in [-0.25, -0.2) is 17.2 Å². The molecule has 170 valence electrons. The molecule has 11 heteroatoms. The minimum Gasteiger partial charge on any atom is -0.454 e. The zero-order chi connectivity index (χ0) is 23.0. The van der Waals surface area contributed by atoms with Gasteiger partial charge in [-0.1, -0.05) is 0 Å². The molecule has 0 atom stereocenters. The van der Waals surface area contributed by atoms with E-state index in [4.69, 9.17) is 9.47 Å². The third-order valence-corrected chi connectivity index (χ3v) is 7.40. The topological polar surface area (TPSA) is 102 Å². The summed E-state index contributed by atoms with van der Waals surface area (Å²) in [5.74, 6) is -2.24. The highest BCUT2D eigenvalue weighted by Gasteiger charge is 2.34. The Balaban J connectivity index is 1.46. The van der Waals surface area contributed by atoms with Crippen LogP contribution in [0, 0.1) is 17.6 Å². The van der Waals surface area contributed by atoms with E-state index in [1.807, 2.05) is 0 Å². The fourth-order valence-corrected chi connectivity index (χ4v) is 5.29. The van der Waals surface area contributed by atoms with E-state index in [0.717, 1.165) is 16.4 Å². The average Bonchev–Trinajstić information content (AvgIpc) is 3.22. The smallest absolute Gasteiger partial charge is 0.246 e. The largest absolute Gasteiger partial charge is 0.454 e. The maximum Gasteiger partial charge on any atom is 0.246 e. The van der Waals surface area contributed by atoms with Crippen LogP contribution in [0.5, 0.6) is 11.5 Å². The molecule has 2 aromatic carbocycles. The van der Waals surface area contributed by atoms with Crippen LogP contribution in [0.1, 0.15) is 30.1 Å². The number of ether oxygens (including phenoxy) is 2. The number of Topliss-reactive ketones (excluding diaryl/α,β-unsaturated/α-hetero) is 1. The molecule has 2 aliphatic rings. The first-order valence-electron chi connectivity index (χ1n) is 9.87. The van der Waals surface area contributed by atoms with Gasteiger partial charge < -0.3 is 14.8 Å². The number of nitrogens with zero attached hydrogens (tertiary/aromatic N) is 1. The van der Waals surface area contributed by atoms with Crippen molar-refractivity contribution in [2.24, 2.45) is 5.92 Å². The fraction of sp³-hybridized carbons (Fsp3) is 0.333. The number of halogens is 2. The van der Waals surface area contributed by atoms with Crippen molar-refractivity contribution in [1.82, 2.24) is 4.31 Å². The van der Waals surface area contributed by atoms with Crippen LogP contribution in [0.15, 0.2) is 35.2 Å². The molecule has 0 aliphatic carbocycles. The number of hydrogen-bond acceptors (Lipinski definition) is 6. The van der Waals surface area contributed by atoms with Crippen molar-refractivity contribution < 1.29 is 36.3 Å². The number of anilines is 1. The molecule has 0 aromatic heterocycles. The Labute approximate surface area is 183 Å². The van der Waals surface area contributed by atoms with Crippen LogP contribution < -0.4 is 14.8 Å². The molecule has 1 amide bonds. The highest BCUT2D eigenvalue weighted by atomic mass is 32.2. The summed E-state index contributed by atoms with van der Waals surface area (Å²) in [5, 5.41) is 2.72. The third kappa shape index (κ3) is 4.17. The lowest BCUT2D eigenvalue weighted by molar-refractivity contribution is -0.120. The van der Waals surface area contributed by atoms with Crippen molar-refractivity contribution in [2.45, 2.75) is 24.7 Å². The minimum atomic E-state index is -4.24. The number of carbonyl (C=O) groups excluding carboxylic acids is 2. The summed E-state index contributed by atoms with van der Waals surface area (Å²) in [5.41, 5.74) is 0.549. The van der Waals surface area contributed by atoms with Gasteiger partial charge in [0.05, 0.1) is 5.69 Å². The van der Waals surface area contributed by atoms with E-state index in [2.05, 4.69) is 5.32 Å². The molecular formula is C21H20F2N2O6S. The fourth-order valence-electron chi connectivity index (χ4n) is 3.74. The minimum absolute atomic E-state index is 0.0168. The number of amides is 1. The number of piperidine rings is 1. The highest BCUT2D eigenvalue weighted by Crippen LogP contribution is 2.37. The summed E-state index contributed by atoms with van der Waals surface area (Å²) < 4.78 is 64.4. The van der Waals surface area contributed by atoms with E-state index in [1.54, 1.807) is 0 Å². The van der Waals surface area contributed by atoms with Crippen LogP contribution in [-0.4, -0.2) is 44.3 Å². The zero-order valence-corrected chi connectivity index (χ0v) is 17.9. The summed E-state index contributed by atoms with van der Waals surface area (Å²) in [6, 6.07) is 5.27. The average molecular weight is 466 g/mol. The Bertz CT molecular complexity index is 1190. The maximum absolute atomic E-state index is 14.0. The van der Waals surface area contributed by atoms with E-state index in [0.29, 0.717) is 17.6 Å². The number of carbonyl (C=O) groups is 2. The molecule has 2 aliphatic heterocycles. The maximum atomic E-state index is 14.0. The van der Waals surface area contributed by atoms with Crippen LogP contribution in [0.3, 0.4) is 0 Å². The first kappa shape index (κ1) is 22.2. The Morgan fingerprint density at radius 3 is 2.38 bits per heavy atom. The predicted octanol–water partition coefficient (Wildman–Crippen LogP) is 2.94. The van der Waals surface area contributed by atoms with Gasteiger partial charge in [0.15, 0.2) is 17.3 Å². The predicted molar refractivity (Wildman–Crippen MR) is 109 cm³/mol. The number of sulfonamides is 1. The number of ketones is 1. The van der Waals surface area contributed by atoms with Crippen LogP contribution in [0.25, 0.3) is 0 Å². The third-order valence-electron chi connectivity index (χ3n) is 5.49. The van der Waals surface area contributed by atoms with Crippen LogP contribution in [-0.2, 0) is 14.8 Å². The van der Waals surface area contributed by atoms with Gasteiger partial charge in [-0.15, -0.1) is 0 Å². The standard InChI is InChI=1S/C21H20F2N2O6S/c1-12(26)15-9-18-19(31-11-30-18)10-17(15)24-21(27)13-4-6-25(7-5-13)32(28,29)20-8-14(22)2-3-16(20)23/h2-3,8-10,13H,4-7,11H2,1H3,(H,24,27). The molecule has 8 nitrogen and oxygen atoms in total. The van der Waals surface area contributed by atoms with Gasteiger partial charge in [0.25, 0.3) is 0 Å². The van der Waals surface area contributed by atoms with Crippen LogP contribution in [0.4, 0.5) is 14.5 Å².